The first kappa shape index (κ1) is 20.9. The van der Waals surface area contributed by atoms with E-state index >= 15 is 0 Å². The number of carbonyl (C=O) groups is 1. The maximum absolute atomic E-state index is 12.6. The molecule has 0 saturated carbocycles. The predicted molar refractivity (Wildman–Crippen MR) is 120 cm³/mol. The first-order chi connectivity index (χ1) is 15.0. The summed E-state index contributed by atoms with van der Waals surface area (Å²) in [7, 11) is 1.62. The lowest BCUT2D eigenvalue weighted by atomic mass is 9.96. The highest BCUT2D eigenvalue weighted by molar-refractivity contribution is 6.11. The molecule has 2 heterocycles. The molecule has 2 aromatic heterocycles. The number of fused-ring (bicyclic) bond motifs is 3. The number of hydrogen-bond acceptors (Lipinski definition) is 5. The number of furan rings is 1. The summed E-state index contributed by atoms with van der Waals surface area (Å²) in [5.41, 5.74) is 4.68. The van der Waals surface area contributed by atoms with Crippen LogP contribution in [0.3, 0.4) is 0 Å². The number of hydrogen-bond donors (Lipinski definition) is 1. The van der Waals surface area contributed by atoms with Crippen molar-refractivity contribution in [3.05, 3.63) is 69.8 Å². The highest BCUT2D eigenvalue weighted by atomic mass is 16.5. The van der Waals surface area contributed by atoms with Crippen LogP contribution in [0.5, 0.6) is 0 Å². The average Bonchev–Trinajstić information content (AvgIpc) is 3.20. The Morgan fingerprint density at radius 2 is 1.90 bits per heavy atom. The van der Waals surface area contributed by atoms with Crippen LogP contribution in [0.25, 0.3) is 33.1 Å². The number of methoxy groups -OCH3 is 1. The molecule has 4 rings (SSSR count). The van der Waals surface area contributed by atoms with E-state index in [0.717, 1.165) is 27.5 Å². The molecule has 2 aromatic carbocycles. The standard InChI is InChI=1S/C25H25NO5/c1-15-12-20-23(24-22(15)19(14-30-24)17-8-5-4-6-9-17)16(2)18(25(28)31-20)13-21(27)26-10-7-11-29-3/h4-6,8-9,12,14H,7,10-11,13H2,1-3H3,(H,26,27). The summed E-state index contributed by atoms with van der Waals surface area (Å²) in [6.45, 7) is 4.87. The summed E-state index contributed by atoms with van der Waals surface area (Å²) in [5, 5.41) is 4.52. The number of rotatable bonds is 7. The highest BCUT2D eigenvalue weighted by Crippen LogP contribution is 2.38. The Bertz CT molecular complexity index is 1300. The smallest absolute Gasteiger partial charge is 0.340 e. The van der Waals surface area contributed by atoms with Crippen LogP contribution < -0.4 is 10.9 Å². The van der Waals surface area contributed by atoms with E-state index < -0.39 is 5.63 Å². The maximum atomic E-state index is 12.6. The third kappa shape index (κ3) is 3.99. The zero-order valence-electron chi connectivity index (χ0n) is 17.9. The summed E-state index contributed by atoms with van der Waals surface area (Å²) >= 11 is 0. The van der Waals surface area contributed by atoms with Gasteiger partial charge in [-0.1, -0.05) is 30.3 Å². The molecule has 0 unspecified atom stereocenters. The van der Waals surface area contributed by atoms with Gasteiger partial charge in [0.2, 0.25) is 5.91 Å². The van der Waals surface area contributed by atoms with Crippen LogP contribution in [0.1, 0.15) is 23.1 Å². The number of amides is 1. The minimum Gasteiger partial charge on any atom is -0.463 e. The van der Waals surface area contributed by atoms with Gasteiger partial charge in [0.25, 0.3) is 0 Å². The molecular formula is C25H25NO5. The number of aryl methyl sites for hydroxylation is 2. The van der Waals surface area contributed by atoms with E-state index in [2.05, 4.69) is 5.32 Å². The molecule has 4 aromatic rings. The second-order valence-corrected chi connectivity index (χ2v) is 7.65. The van der Waals surface area contributed by atoms with Gasteiger partial charge in [0.15, 0.2) is 0 Å². The molecule has 6 heteroatoms. The normalized spacial score (nSPS) is 11.3. The summed E-state index contributed by atoms with van der Waals surface area (Å²) in [6.07, 6.45) is 2.40. The molecule has 0 bridgehead atoms. The summed E-state index contributed by atoms with van der Waals surface area (Å²) in [4.78, 5) is 25.0. The zero-order valence-corrected chi connectivity index (χ0v) is 17.9. The number of benzene rings is 2. The van der Waals surface area contributed by atoms with Crippen molar-refractivity contribution in [2.24, 2.45) is 0 Å². The fraction of sp³-hybridized carbons (Fsp3) is 0.280. The van der Waals surface area contributed by atoms with E-state index in [1.54, 1.807) is 13.4 Å². The van der Waals surface area contributed by atoms with Gasteiger partial charge in [-0.25, -0.2) is 4.79 Å². The van der Waals surface area contributed by atoms with Crippen LogP contribution in [0.2, 0.25) is 0 Å². The molecule has 0 atom stereocenters. The average molecular weight is 419 g/mol. The third-order valence-corrected chi connectivity index (χ3v) is 5.55. The molecule has 31 heavy (non-hydrogen) atoms. The molecule has 0 spiro atoms. The molecule has 6 nitrogen and oxygen atoms in total. The van der Waals surface area contributed by atoms with Crippen LogP contribution in [-0.2, 0) is 16.0 Å². The van der Waals surface area contributed by atoms with Crippen molar-refractivity contribution < 1.29 is 18.4 Å². The molecule has 1 N–H and O–H groups in total. The molecule has 160 valence electrons. The lowest BCUT2D eigenvalue weighted by molar-refractivity contribution is -0.120. The van der Waals surface area contributed by atoms with Gasteiger partial charge in [0.05, 0.1) is 23.6 Å². The van der Waals surface area contributed by atoms with Crippen LogP contribution in [0, 0.1) is 13.8 Å². The van der Waals surface area contributed by atoms with Gasteiger partial charge in [0.1, 0.15) is 11.2 Å². The first-order valence-corrected chi connectivity index (χ1v) is 10.3. The van der Waals surface area contributed by atoms with Crippen LogP contribution in [0.4, 0.5) is 0 Å². The lowest BCUT2D eigenvalue weighted by Crippen LogP contribution is -2.29. The molecule has 0 radical (unpaired) electrons. The molecule has 0 aliphatic rings. The van der Waals surface area contributed by atoms with E-state index in [4.69, 9.17) is 13.6 Å². The first-order valence-electron chi connectivity index (χ1n) is 10.3. The van der Waals surface area contributed by atoms with Gasteiger partial charge >= 0.3 is 5.63 Å². The molecular weight excluding hydrogens is 394 g/mol. The van der Waals surface area contributed by atoms with E-state index in [0.29, 0.717) is 41.9 Å². The molecule has 0 aliphatic heterocycles. The van der Waals surface area contributed by atoms with Crippen molar-refractivity contribution in [2.45, 2.75) is 26.7 Å². The number of carbonyl (C=O) groups excluding carboxylic acids is 1. The van der Waals surface area contributed by atoms with Gasteiger partial charge < -0.3 is 18.9 Å². The van der Waals surface area contributed by atoms with Crippen molar-refractivity contribution in [1.82, 2.24) is 5.32 Å². The monoisotopic (exact) mass is 419 g/mol. The number of ether oxygens (including phenoxy) is 1. The Labute approximate surface area is 179 Å². The Balaban J connectivity index is 1.79. The van der Waals surface area contributed by atoms with Crippen LogP contribution in [0.15, 0.2) is 56.3 Å². The highest BCUT2D eigenvalue weighted by Gasteiger charge is 2.21. The van der Waals surface area contributed by atoms with Crippen molar-refractivity contribution in [3.63, 3.8) is 0 Å². The summed E-state index contributed by atoms with van der Waals surface area (Å²) in [5.74, 6) is -0.223. The van der Waals surface area contributed by atoms with Gasteiger partial charge in [-0.3, -0.25) is 4.79 Å². The largest absolute Gasteiger partial charge is 0.463 e. The predicted octanol–water partition coefficient (Wildman–Crippen LogP) is 4.52. The van der Waals surface area contributed by atoms with E-state index in [9.17, 15) is 9.59 Å². The fourth-order valence-corrected chi connectivity index (χ4v) is 3.99. The second-order valence-electron chi connectivity index (χ2n) is 7.65. The topological polar surface area (TPSA) is 81.7 Å². The minimum absolute atomic E-state index is 0.0429. The fourth-order valence-electron chi connectivity index (χ4n) is 3.99. The van der Waals surface area contributed by atoms with Crippen LogP contribution >= 0.6 is 0 Å². The Morgan fingerprint density at radius 1 is 1.13 bits per heavy atom. The Hall–Kier alpha value is -3.38. The number of nitrogens with one attached hydrogen (secondary N) is 1. The summed E-state index contributed by atoms with van der Waals surface area (Å²) in [6, 6.07) is 11.9. The van der Waals surface area contributed by atoms with Crippen molar-refractivity contribution in [1.29, 1.82) is 0 Å². The molecule has 0 saturated heterocycles. The Morgan fingerprint density at radius 3 is 2.65 bits per heavy atom. The van der Waals surface area contributed by atoms with Gasteiger partial charge in [-0.2, -0.15) is 0 Å². The SMILES string of the molecule is COCCCNC(=O)Cc1c(C)c2c(cc(C)c3c(-c4ccccc4)coc32)oc1=O. The van der Waals surface area contributed by atoms with Crippen LogP contribution in [-0.4, -0.2) is 26.2 Å². The van der Waals surface area contributed by atoms with Crippen molar-refractivity contribution in [2.75, 3.05) is 20.3 Å². The quantitative estimate of drug-likeness (QED) is 0.352. The van der Waals surface area contributed by atoms with Gasteiger partial charge in [0, 0.05) is 31.2 Å². The van der Waals surface area contributed by atoms with Crippen molar-refractivity contribution >= 4 is 27.8 Å². The lowest BCUT2D eigenvalue weighted by Gasteiger charge is -2.10. The summed E-state index contributed by atoms with van der Waals surface area (Å²) < 4.78 is 16.6. The van der Waals surface area contributed by atoms with E-state index in [1.807, 2.05) is 50.2 Å². The zero-order chi connectivity index (χ0) is 22.0. The van der Waals surface area contributed by atoms with Crippen molar-refractivity contribution in [3.8, 4) is 11.1 Å². The Kier molecular flexibility index (Phi) is 5.91. The minimum atomic E-state index is -0.495. The van der Waals surface area contributed by atoms with E-state index in [1.165, 1.54) is 0 Å². The molecule has 1 amide bonds. The second kappa shape index (κ2) is 8.78. The van der Waals surface area contributed by atoms with Gasteiger partial charge in [-0.15, -0.1) is 0 Å². The maximum Gasteiger partial charge on any atom is 0.340 e. The molecule has 0 aliphatic carbocycles. The molecule has 0 fully saturated rings. The van der Waals surface area contributed by atoms with Gasteiger partial charge in [-0.05, 0) is 43.0 Å². The third-order valence-electron chi connectivity index (χ3n) is 5.55. The van der Waals surface area contributed by atoms with E-state index in [-0.39, 0.29) is 12.3 Å².